The number of aliphatic hydroxyl groups is 3. The summed E-state index contributed by atoms with van der Waals surface area (Å²) in [5.41, 5.74) is 0. The molecular formula is C18H32O6. The lowest BCUT2D eigenvalue weighted by Gasteiger charge is -2.16. The van der Waals surface area contributed by atoms with Gasteiger partial charge < -0.3 is 25.2 Å². The second-order valence-corrected chi connectivity index (χ2v) is 6.57. The minimum atomic E-state index is -0.749. The minimum absolute atomic E-state index is 0.225. The lowest BCUT2D eigenvalue weighted by molar-refractivity contribution is -0.137. The fourth-order valence-electron chi connectivity index (χ4n) is 2.90. The molecule has 0 radical (unpaired) electrons. The zero-order valence-electron chi connectivity index (χ0n) is 14.5. The van der Waals surface area contributed by atoms with E-state index in [1.165, 1.54) is 0 Å². The van der Waals surface area contributed by atoms with Crippen molar-refractivity contribution >= 4 is 5.97 Å². The molecule has 5 atom stereocenters. The van der Waals surface area contributed by atoms with E-state index in [0.717, 1.165) is 25.7 Å². The Morgan fingerprint density at radius 1 is 1.21 bits per heavy atom. The van der Waals surface area contributed by atoms with Gasteiger partial charge >= 0.3 is 5.97 Å². The highest BCUT2D eigenvalue weighted by atomic mass is 16.5. The van der Waals surface area contributed by atoms with Crippen LogP contribution in [0.3, 0.4) is 0 Å². The molecule has 0 aromatic rings. The highest BCUT2D eigenvalue weighted by Crippen LogP contribution is 2.25. The van der Waals surface area contributed by atoms with Gasteiger partial charge in [0, 0.05) is 12.8 Å². The number of carbonyl (C=O) groups is 1. The van der Waals surface area contributed by atoms with Gasteiger partial charge in [-0.15, -0.1) is 0 Å². The molecule has 24 heavy (non-hydrogen) atoms. The van der Waals surface area contributed by atoms with Gasteiger partial charge in [0.25, 0.3) is 0 Å². The molecule has 0 saturated carbocycles. The summed E-state index contributed by atoms with van der Waals surface area (Å²) in [4.78, 5) is 10.4. The Bertz CT molecular complexity index is 384. The van der Waals surface area contributed by atoms with E-state index in [1.807, 2.05) is 6.92 Å². The van der Waals surface area contributed by atoms with E-state index >= 15 is 0 Å². The van der Waals surface area contributed by atoms with E-state index in [9.17, 15) is 20.1 Å². The monoisotopic (exact) mass is 344 g/mol. The average Bonchev–Trinajstić information content (AvgIpc) is 2.92. The summed E-state index contributed by atoms with van der Waals surface area (Å²) in [6.45, 7) is 1.87. The van der Waals surface area contributed by atoms with Crippen molar-refractivity contribution in [3.05, 3.63) is 12.2 Å². The van der Waals surface area contributed by atoms with Crippen molar-refractivity contribution in [2.24, 2.45) is 0 Å². The molecule has 6 heteroatoms. The summed E-state index contributed by atoms with van der Waals surface area (Å²) in [6.07, 6.45) is 7.04. The molecule has 0 bridgehead atoms. The van der Waals surface area contributed by atoms with Crippen molar-refractivity contribution in [3.8, 4) is 0 Å². The van der Waals surface area contributed by atoms with Crippen LogP contribution in [0.2, 0.25) is 0 Å². The number of unbranched alkanes of at least 4 members (excludes halogenated alkanes) is 4. The molecule has 0 unspecified atom stereocenters. The molecule has 0 aromatic carbocycles. The molecule has 0 amide bonds. The third-order valence-corrected chi connectivity index (χ3v) is 4.45. The van der Waals surface area contributed by atoms with Crippen LogP contribution in [0.1, 0.15) is 64.7 Å². The fraction of sp³-hybridized carbons (Fsp3) is 0.833. The number of aliphatic hydroxyl groups excluding tert-OH is 3. The van der Waals surface area contributed by atoms with Crippen molar-refractivity contribution < 1.29 is 30.0 Å². The normalized spacial score (nSPS) is 26.8. The van der Waals surface area contributed by atoms with Crippen LogP contribution in [0.25, 0.3) is 0 Å². The maximum absolute atomic E-state index is 10.4. The maximum atomic E-state index is 10.4. The zero-order chi connectivity index (χ0) is 17.9. The molecule has 0 aromatic heterocycles. The molecule has 6 nitrogen and oxygen atoms in total. The first-order valence-electron chi connectivity index (χ1n) is 9.03. The smallest absolute Gasteiger partial charge is 0.303 e. The van der Waals surface area contributed by atoms with Gasteiger partial charge in [0.15, 0.2) is 0 Å². The van der Waals surface area contributed by atoms with E-state index in [2.05, 4.69) is 0 Å². The Morgan fingerprint density at radius 3 is 2.54 bits per heavy atom. The first-order valence-corrected chi connectivity index (χ1v) is 9.03. The van der Waals surface area contributed by atoms with Gasteiger partial charge in [-0.25, -0.2) is 0 Å². The highest BCUT2D eigenvalue weighted by molar-refractivity contribution is 5.66. The van der Waals surface area contributed by atoms with Crippen LogP contribution in [-0.2, 0) is 9.53 Å². The first-order chi connectivity index (χ1) is 11.4. The van der Waals surface area contributed by atoms with Crippen LogP contribution in [-0.4, -0.2) is 56.9 Å². The molecule has 0 aliphatic carbocycles. The van der Waals surface area contributed by atoms with Crippen LogP contribution in [0, 0.1) is 0 Å². The SMILES string of the molecule is CC[C@H](O)[C@@H]1C[C@H](O)[C@H](C=C[C@@H](O)CCCCCCCC(=O)O)O1. The lowest BCUT2D eigenvalue weighted by atomic mass is 10.0. The third kappa shape index (κ3) is 8.24. The second-order valence-electron chi connectivity index (χ2n) is 6.57. The third-order valence-electron chi connectivity index (χ3n) is 4.45. The van der Waals surface area contributed by atoms with Gasteiger partial charge in [0.2, 0.25) is 0 Å². The topological polar surface area (TPSA) is 107 Å². The molecule has 1 rings (SSSR count). The van der Waals surface area contributed by atoms with Gasteiger partial charge in [-0.05, 0) is 19.3 Å². The van der Waals surface area contributed by atoms with Crippen molar-refractivity contribution in [2.45, 2.75) is 95.2 Å². The van der Waals surface area contributed by atoms with Gasteiger partial charge in [-0.2, -0.15) is 0 Å². The molecule has 1 aliphatic rings. The molecule has 1 heterocycles. The standard InChI is InChI=1S/C18H32O6/c1-2-14(20)17-12-15(21)16(24-17)11-10-13(19)8-6-4-3-5-7-9-18(22)23/h10-11,13-17,19-21H,2-9,12H2,1H3,(H,22,23)/t13-,14-,15-,16-,17-/m0/s1. The average molecular weight is 344 g/mol. The summed E-state index contributed by atoms with van der Waals surface area (Å²) in [6, 6.07) is 0. The molecule has 0 spiro atoms. The molecular weight excluding hydrogens is 312 g/mol. The van der Waals surface area contributed by atoms with Gasteiger partial charge in [0.1, 0.15) is 6.10 Å². The fourth-order valence-corrected chi connectivity index (χ4v) is 2.90. The van der Waals surface area contributed by atoms with Crippen molar-refractivity contribution in [1.29, 1.82) is 0 Å². The highest BCUT2D eigenvalue weighted by Gasteiger charge is 2.35. The van der Waals surface area contributed by atoms with Crippen molar-refractivity contribution in [2.75, 3.05) is 0 Å². The minimum Gasteiger partial charge on any atom is -0.481 e. The van der Waals surface area contributed by atoms with Crippen LogP contribution >= 0.6 is 0 Å². The Labute approximate surface area is 144 Å². The van der Waals surface area contributed by atoms with Crippen molar-refractivity contribution in [1.82, 2.24) is 0 Å². The predicted molar refractivity (Wildman–Crippen MR) is 90.7 cm³/mol. The molecule has 1 aliphatic heterocycles. The van der Waals surface area contributed by atoms with Crippen LogP contribution in [0.15, 0.2) is 12.2 Å². The molecule has 1 saturated heterocycles. The molecule has 140 valence electrons. The molecule has 1 fully saturated rings. The number of carboxylic acid groups (broad SMARTS) is 1. The van der Waals surface area contributed by atoms with Crippen LogP contribution < -0.4 is 0 Å². The number of hydrogen-bond acceptors (Lipinski definition) is 5. The Hall–Kier alpha value is -0.950. The molecule has 4 N–H and O–H groups in total. The zero-order valence-corrected chi connectivity index (χ0v) is 14.5. The Balaban J connectivity index is 2.15. The summed E-state index contributed by atoms with van der Waals surface area (Å²) >= 11 is 0. The summed E-state index contributed by atoms with van der Waals surface area (Å²) < 4.78 is 5.62. The lowest BCUT2D eigenvalue weighted by Crippen LogP contribution is -2.25. The number of aliphatic carboxylic acids is 1. The Kier molecular flexibility index (Phi) is 10.2. The van der Waals surface area contributed by atoms with Crippen LogP contribution in [0.5, 0.6) is 0 Å². The van der Waals surface area contributed by atoms with E-state index in [-0.39, 0.29) is 12.5 Å². The van der Waals surface area contributed by atoms with Gasteiger partial charge in [-0.1, -0.05) is 44.8 Å². The predicted octanol–water partition coefficient (Wildman–Crippen LogP) is 2.01. The first kappa shape index (κ1) is 21.1. The number of rotatable bonds is 12. The van der Waals surface area contributed by atoms with E-state index in [0.29, 0.717) is 25.7 Å². The van der Waals surface area contributed by atoms with E-state index < -0.39 is 30.4 Å². The van der Waals surface area contributed by atoms with E-state index in [4.69, 9.17) is 9.84 Å². The summed E-state index contributed by atoms with van der Waals surface area (Å²) in [5, 5.41) is 38.2. The largest absolute Gasteiger partial charge is 0.481 e. The number of hydrogen-bond donors (Lipinski definition) is 4. The van der Waals surface area contributed by atoms with Gasteiger partial charge in [-0.3, -0.25) is 4.79 Å². The second kappa shape index (κ2) is 11.6. The Morgan fingerprint density at radius 2 is 1.88 bits per heavy atom. The number of ether oxygens (including phenoxy) is 1. The summed E-state index contributed by atoms with van der Waals surface area (Å²) in [5.74, 6) is -0.749. The van der Waals surface area contributed by atoms with Crippen molar-refractivity contribution in [3.63, 3.8) is 0 Å². The maximum Gasteiger partial charge on any atom is 0.303 e. The van der Waals surface area contributed by atoms with Gasteiger partial charge in [0.05, 0.1) is 24.4 Å². The summed E-state index contributed by atoms with van der Waals surface area (Å²) in [7, 11) is 0. The quantitative estimate of drug-likeness (QED) is 0.319. The van der Waals surface area contributed by atoms with E-state index in [1.54, 1.807) is 12.2 Å². The number of carboxylic acids is 1. The van der Waals surface area contributed by atoms with Crippen LogP contribution in [0.4, 0.5) is 0 Å².